The second-order valence-electron chi connectivity index (χ2n) is 17.2. The lowest BCUT2D eigenvalue weighted by Crippen LogP contribution is -2.53. The predicted molar refractivity (Wildman–Crippen MR) is 256 cm³/mol. The molecule has 0 unspecified atom stereocenters. The molecule has 5 heterocycles. The molecule has 0 spiro atoms. The van der Waals surface area contributed by atoms with E-state index in [9.17, 15) is 19.2 Å². The summed E-state index contributed by atoms with van der Waals surface area (Å²) >= 11 is 0. The first kappa shape index (κ1) is 46.8. The number of rotatable bonds is 10. The number of likely N-dealkylation sites (N-methyl/N-ethyl adjacent to an activating group) is 2. The van der Waals surface area contributed by atoms with E-state index in [4.69, 9.17) is 18.5 Å². The average molecular weight is 943 g/mol. The Morgan fingerprint density at radius 2 is 1.00 bits per heavy atom. The van der Waals surface area contributed by atoms with E-state index in [0.717, 1.165) is 48.4 Å². The van der Waals surface area contributed by atoms with E-state index in [1.807, 2.05) is 84.9 Å². The maximum Gasteiger partial charge on any atom is 0.293 e. The maximum atomic E-state index is 13.7. The summed E-state index contributed by atoms with van der Waals surface area (Å²) in [5.41, 5.74) is 4.44. The van der Waals surface area contributed by atoms with Crippen molar-refractivity contribution in [3.8, 4) is 35.2 Å². The molecule has 0 radical (unpaired) electrons. The van der Waals surface area contributed by atoms with Crippen molar-refractivity contribution < 1.29 is 37.7 Å². The molecule has 1 fully saturated rings. The molecule has 3 aliphatic rings. The first-order valence-corrected chi connectivity index (χ1v) is 22.9. The Bertz CT molecular complexity index is 2820. The third-order valence-electron chi connectivity index (χ3n) is 12.2. The molecule has 18 nitrogen and oxygen atoms in total. The number of hydrogen-bond donors (Lipinski definition) is 2. The molecule has 0 saturated carbocycles. The fraction of sp³-hybridized carbons (Fsp3) is 0.308. The molecule has 9 rings (SSSR count). The van der Waals surface area contributed by atoms with Crippen LogP contribution in [0.5, 0.6) is 11.5 Å². The van der Waals surface area contributed by atoms with E-state index in [-0.39, 0.29) is 35.2 Å². The monoisotopic (exact) mass is 942 g/mol. The lowest BCUT2D eigenvalue weighted by Gasteiger charge is -2.32. The third-order valence-corrected chi connectivity index (χ3v) is 12.2. The van der Waals surface area contributed by atoms with Crippen LogP contribution in [0.2, 0.25) is 0 Å². The van der Waals surface area contributed by atoms with E-state index in [1.165, 1.54) is 9.80 Å². The van der Waals surface area contributed by atoms with Crippen molar-refractivity contribution in [1.29, 1.82) is 0 Å². The lowest BCUT2D eigenvalue weighted by molar-refractivity contribution is -0.122. The van der Waals surface area contributed by atoms with Gasteiger partial charge >= 0.3 is 0 Å². The molecule has 356 valence electrons. The van der Waals surface area contributed by atoms with Crippen molar-refractivity contribution in [2.24, 2.45) is 0 Å². The van der Waals surface area contributed by atoms with Crippen molar-refractivity contribution in [2.75, 3.05) is 63.2 Å². The Labute approximate surface area is 404 Å². The summed E-state index contributed by atoms with van der Waals surface area (Å²) in [6.45, 7) is 7.84. The minimum Gasteiger partial charge on any atom is -0.486 e. The Kier molecular flexibility index (Phi) is 14.0. The molecular formula is C52H50N10O8. The van der Waals surface area contributed by atoms with Crippen molar-refractivity contribution in [3.63, 3.8) is 0 Å². The molecule has 1 saturated heterocycles. The van der Waals surface area contributed by atoms with Gasteiger partial charge in [-0.25, -0.2) is 0 Å². The molecule has 2 N–H and O–H groups in total. The number of piperazine rings is 1. The number of carbonyl (C=O) groups excluding carboxylic acids is 4. The predicted octanol–water partition coefficient (Wildman–Crippen LogP) is 3.74. The Morgan fingerprint density at radius 1 is 0.600 bits per heavy atom. The van der Waals surface area contributed by atoms with Gasteiger partial charge in [-0.15, -0.1) is 0 Å². The second-order valence-corrected chi connectivity index (χ2v) is 17.2. The quantitative estimate of drug-likeness (QED) is 0.188. The van der Waals surface area contributed by atoms with Gasteiger partial charge in [0.15, 0.2) is 0 Å². The number of carbonyl (C=O) groups is 4. The van der Waals surface area contributed by atoms with Crippen molar-refractivity contribution in [1.82, 2.24) is 40.7 Å². The Balaban J connectivity index is 0.739. The third kappa shape index (κ3) is 10.8. The molecule has 4 amide bonds. The van der Waals surface area contributed by atoms with E-state index < -0.39 is 36.1 Å². The van der Waals surface area contributed by atoms with Gasteiger partial charge in [0.25, 0.3) is 35.3 Å². The summed E-state index contributed by atoms with van der Waals surface area (Å²) in [4.78, 5) is 69.7. The van der Waals surface area contributed by atoms with Crippen LogP contribution in [0.3, 0.4) is 0 Å². The van der Waals surface area contributed by atoms with Crippen LogP contribution in [-0.4, -0.2) is 131 Å². The minimum absolute atomic E-state index is 0.168. The van der Waals surface area contributed by atoms with Gasteiger partial charge in [0.05, 0.1) is 37.3 Å². The summed E-state index contributed by atoms with van der Waals surface area (Å²) in [7, 11) is 3.28. The van der Waals surface area contributed by atoms with Gasteiger partial charge < -0.3 is 39.0 Å². The molecule has 3 aliphatic heterocycles. The molecule has 6 aromatic rings. The molecule has 70 heavy (non-hydrogen) atoms. The number of aromatic nitrogens is 4. The van der Waals surface area contributed by atoms with Crippen LogP contribution >= 0.6 is 0 Å². The van der Waals surface area contributed by atoms with Crippen molar-refractivity contribution in [2.45, 2.75) is 51.0 Å². The first-order chi connectivity index (χ1) is 33.9. The summed E-state index contributed by atoms with van der Waals surface area (Å²) in [6, 6.07) is 28.0. The number of fused-ring (bicyclic) bond motifs is 2. The van der Waals surface area contributed by atoms with E-state index in [2.05, 4.69) is 64.4 Å². The van der Waals surface area contributed by atoms with Crippen LogP contribution in [0.1, 0.15) is 69.1 Å². The zero-order chi connectivity index (χ0) is 48.7. The van der Waals surface area contributed by atoms with Crippen LogP contribution in [-0.2, 0) is 22.4 Å². The summed E-state index contributed by atoms with van der Waals surface area (Å²) in [5, 5.41) is 13.1. The fourth-order valence-electron chi connectivity index (χ4n) is 8.27. The number of nitrogens with one attached hydrogen (secondary N) is 2. The number of benzene rings is 4. The van der Waals surface area contributed by atoms with Gasteiger partial charge in [0, 0.05) is 51.4 Å². The van der Waals surface area contributed by atoms with E-state index >= 15 is 0 Å². The summed E-state index contributed by atoms with van der Waals surface area (Å²) in [6.07, 6.45) is -0.640. The highest BCUT2D eigenvalue weighted by Gasteiger charge is 2.38. The van der Waals surface area contributed by atoms with Crippen LogP contribution in [0.4, 0.5) is 11.4 Å². The van der Waals surface area contributed by atoms with Gasteiger partial charge in [-0.05, 0) is 61.4 Å². The van der Waals surface area contributed by atoms with Crippen molar-refractivity contribution in [3.05, 3.63) is 143 Å². The number of nitrogens with zero attached hydrogens (tertiary/aromatic N) is 8. The highest BCUT2D eigenvalue weighted by Crippen LogP contribution is 2.35. The molecule has 2 aromatic heterocycles. The highest BCUT2D eigenvalue weighted by molar-refractivity contribution is 6.04. The number of anilines is 2. The maximum absolute atomic E-state index is 13.7. The van der Waals surface area contributed by atoms with Gasteiger partial charge in [-0.2, -0.15) is 9.97 Å². The number of hydrogen-bond acceptors (Lipinski definition) is 14. The first-order valence-electron chi connectivity index (χ1n) is 22.9. The van der Waals surface area contributed by atoms with Crippen LogP contribution in [0.25, 0.3) is 0 Å². The highest BCUT2D eigenvalue weighted by atomic mass is 16.5. The SMILES string of the molecule is C[C@H]1Oc2ccc(C#CCN3CCN(CC#Cc4ccc5c(c4)N(C)C(=O)[C@@H](NC(=O)c4noc(Cc6ccccc6)n4)[C@@H](C)O5)CC3)cc2N(C)C(=O)[C@H]1NC(=O)c1noc(Cc2ccccc2)n1. The summed E-state index contributed by atoms with van der Waals surface area (Å²) in [5.74, 6) is 12.3. The largest absolute Gasteiger partial charge is 0.486 e. The Morgan fingerprint density at radius 3 is 1.40 bits per heavy atom. The van der Waals surface area contributed by atoms with Gasteiger partial charge in [-0.1, -0.05) is 94.7 Å². The van der Waals surface area contributed by atoms with Crippen LogP contribution in [0.15, 0.2) is 106 Å². The molecule has 0 bridgehead atoms. The molecule has 0 aliphatic carbocycles. The zero-order valence-corrected chi connectivity index (χ0v) is 39.0. The molecular weight excluding hydrogens is 893 g/mol. The summed E-state index contributed by atoms with van der Waals surface area (Å²) < 4.78 is 23.0. The number of ether oxygens (including phenoxy) is 2. The van der Waals surface area contributed by atoms with Gasteiger partial charge in [0.1, 0.15) is 35.8 Å². The zero-order valence-electron chi connectivity index (χ0n) is 39.0. The molecule has 4 atom stereocenters. The standard InChI is InChI=1S/C52H50N10O8/c1-33-45(55-49(63)47-53-43(69-57-47)31-35-13-7-5-8-14-35)51(65)59(3)39-29-37(19-21-41(39)67-33)17-11-23-61-25-27-62(28-26-61)24-12-18-38-20-22-42-40(30-38)60(4)52(66)46(34(2)68-42)56-50(64)48-54-44(70-58-48)32-36-15-9-6-10-16-36/h5-10,13-16,19-22,29-30,33-34,45-46H,23-28,31-32H2,1-4H3,(H,55,63)(H,56,64)/t33-,34-,45+,46+/m1/s1. The lowest BCUT2D eigenvalue weighted by atomic mass is 10.1. The number of amides is 4. The normalized spacial score (nSPS) is 19.1. The van der Waals surface area contributed by atoms with Gasteiger partial charge in [-0.3, -0.25) is 29.0 Å². The van der Waals surface area contributed by atoms with Crippen molar-refractivity contribution >= 4 is 35.0 Å². The van der Waals surface area contributed by atoms with Crippen LogP contribution < -0.4 is 29.9 Å². The molecule has 18 heteroatoms. The minimum atomic E-state index is -1.01. The van der Waals surface area contributed by atoms with E-state index in [1.54, 1.807) is 40.1 Å². The Hall–Kier alpha value is -8.32. The fourth-order valence-corrected chi connectivity index (χ4v) is 8.27. The molecule has 4 aromatic carbocycles. The smallest absolute Gasteiger partial charge is 0.293 e. The van der Waals surface area contributed by atoms with Crippen LogP contribution in [0, 0.1) is 23.7 Å². The van der Waals surface area contributed by atoms with E-state index in [0.29, 0.717) is 48.8 Å². The topological polar surface area (TPSA) is 202 Å². The average Bonchev–Trinajstić information content (AvgIpc) is 4.02. The second kappa shape index (κ2) is 20.9. The van der Waals surface area contributed by atoms with Gasteiger partial charge in [0.2, 0.25) is 11.8 Å².